The Bertz CT molecular complexity index is 1190. The Balaban J connectivity index is 1.25. The summed E-state index contributed by atoms with van der Waals surface area (Å²) >= 11 is 2.87. The maximum Gasteiger partial charge on any atom is 0.237 e. The van der Waals surface area contributed by atoms with E-state index in [0.29, 0.717) is 5.69 Å². The van der Waals surface area contributed by atoms with E-state index >= 15 is 0 Å². The number of thioether (sulfide) groups is 1. The molecule has 3 atom stereocenters. The third-order valence-corrected chi connectivity index (χ3v) is 8.62. The van der Waals surface area contributed by atoms with E-state index in [1.54, 1.807) is 6.07 Å². The maximum atomic E-state index is 12.9. The number of carbonyl (C=O) groups excluding carboxylic acids is 3. The molecule has 5 rings (SSSR count). The Morgan fingerprint density at radius 3 is 2.52 bits per heavy atom. The lowest BCUT2D eigenvalue weighted by Crippen LogP contribution is -2.30. The minimum Gasteiger partial charge on any atom is -0.349 e. The van der Waals surface area contributed by atoms with Crippen LogP contribution in [0.25, 0.3) is 10.2 Å². The lowest BCUT2D eigenvalue weighted by Gasteiger charge is -2.19. The average Bonchev–Trinajstić information content (AvgIpc) is 3.36. The summed E-state index contributed by atoms with van der Waals surface area (Å²) < 4.78 is 1.70. The zero-order valence-corrected chi connectivity index (χ0v) is 20.0. The quantitative estimate of drug-likeness (QED) is 0.400. The van der Waals surface area contributed by atoms with Crippen LogP contribution in [0.2, 0.25) is 0 Å². The molecule has 1 aromatic heterocycles. The SMILES string of the molecule is C[C@H](NC(=O)CSc1nc2ccc(N3C(=O)[C@H]4CCCC[C@H]4C3=O)cc2s1)c1ccccc1. The molecule has 0 unspecified atom stereocenters. The lowest BCUT2D eigenvalue weighted by molar-refractivity contribution is -0.122. The molecule has 2 aliphatic rings. The van der Waals surface area contributed by atoms with Crippen LogP contribution in [-0.4, -0.2) is 28.5 Å². The van der Waals surface area contributed by atoms with Gasteiger partial charge in [0.1, 0.15) is 0 Å². The summed E-state index contributed by atoms with van der Waals surface area (Å²) in [4.78, 5) is 44.2. The largest absolute Gasteiger partial charge is 0.349 e. The number of thiazole rings is 1. The molecule has 0 spiro atoms. The van der Waals surface area contributed by atoms with Crippen LogP contribution in [0.1, 0.15) is 44.2 Å². The van der Waals surface area contributed by atoms with Gasteiger partial charge in [0.25, 0.3) is 0 Å². The summed E-state index contributed by atoms with van der Waals surface area (Å²) in [5.41, 5.74) is 2.50. The van der Waals surface area contributed by atoms with Crippen molar-refractivity contribution in [2.45, 2.75) is 43.0 Å². The van der Waals surface area contributed by atoms with Gasteiger partial charge >= 0.3 is 0 Å². The van der Waals surface area contributed by atoms with Gasteiger partial charge in [-0.05, 0) is 43.5 Å². The highest BCUT2D eigenvalue weighted by molar-refractivity contribution is 8.01. The monoisotopic (exact) mass is 479 g/mol. The smallest absolute Gasteiger partial charge is 0.237 e. The first-order chi connectivity index (χ1) is 16.0. The standard InChI is InChI=1S/C25H25N3O3S2/c1-15(16-7-3-2-4-8-16)26-22(29)14-32-25-27-20-12-11-17(13-21(20)33-25)28-23(30)18-9-5-6-10-19(18)24(28)31/h2-4,7-8,11-13,15,18-19H,5-6,9-10,14H2,1H3,(H,26,29)/t15-,18-,19+/m0/s1. The number of rotatable bonds is 6. The maximum absolute atomic E-state index is 12.9. The molecule has 0 bridgehead atoms. The molecule has 3 amide bonds. The second kappa shape index (κ2) is 9.27. The molecule has 8 heteroatoms. The highest BCUT2D eigenvalue weighted by Crippen LogP contribution is 2.41. The molecule has 2 fully saturated rings. The van der Waals surface area contributed by atoms with Gasteiger partial charge in [-0.2, -0.15) is 0 Å². The van der Waals surface area contributed by atoms with E-state index in [1.165, 1.54) is 28.0 Å². The molecule has 1 saturated heterocycles. The second-order valence-electron chi connectivity index (χ2n) is 8.63. The number of nitrogens with one attached hydrogen (secondary N) is 1. The molecule has 33 heavy (non-hydrogen) atoms. The van der Waals surface area contributed by atoms with Crippen molar-refractivity contribution in [1.29, 1.82) is 0 Å². The van der Waals surface area contributed by atoms with Crippen LogP contribution in [0.3, 0.4) is 0 Å². The van der Waals surface area contributed by atoms with Crippen LogP contribution >= 0.6 is 23.1 Å². The van der Waals surface area contributed by atoms with Crippen molar-refractivity contribution in [3.8, 4) is 0 Å². The van der Waals surface area contributed by atoms with Gasteiger partial charge in [0, 0.05) is 0 Å². The predicted octanol–water partition coefficient (Wildman–Crippen LogP) is 4.95. The Kier molecular flexibility index (Phi) is 6.21. The Hall–Kier alpha value is -2.71. The fraction of sp³-hybridized carbons (Fsp3) is 0.360. The van der Waals surface area contributed by atoms with Crippen molar-refractivity contribution < 1.29 is 14.4 Å². The summed E-state index contributed by atoms with van der Waals surface area (Å²) in [5.74, 6) is -0.222. The van der Waals surface area contributed by atoms with Crippen LogP contribution in [-0.2, 0) is 14.4 Å². The summed E-state index contributed by atoms with van der Waals surface area (Å²) in [5, 5.41) is 3.02. The van der Waals surface area contributed by atoms with Gasteiger partial charge in [-0.1, -0.05) is 54.9 Å². The number of hydrogen-bond acceptors (Lipinski definition) is 6. The Morgan fingerprint density at radius 1 is 1.12 bits per heavy atom. The van der Waals surface area contributed by atoms with Crippen LogP contribution in [0, 0.1) is 11.8 Å². The number of aromatic nitrogens is 1. The number of amides is 3. The van der Waals surface area contributed by atoms with Gasteiger partial charge < -0.3 is 5.32 Å². The van der Waals surface area contributed by atoms with Gasteiger partial charge in [-0.15, -0.1) is 11.3 Å². The van der Waals surface area contributed by atoms with Crippen molar-refractivity contribution >= 4 is 56.7 Å². The summed E-state index contributed by atoms with van der Waals surface area (Å²) in [6, 6.07) is 15.3. The number of anilines is 1. The van der Waals surface area contributed by atoms with Crippen LogP contribution < -0.4 is 10.2 Å². The molecule has 1 aliphatic heterocycles. The van der Waals surface area contributed by atoms with Crippen molar-refractivity contribution in [2.24, 2.45) is 11.8 Å². The number of fused-ring (bicyclic) bond motifs is 2. The van der Waals surface area contributed by atoms with E-state index < -0.39 is 0 Å². The number of hydrogen-bond donors (Lipinski definition) is 1. The van der Waals surface area contributed by atoms with E-state index in [9.17, 15) is 14.4 Å². The minimum atomic E-state index is -0.161. The van der Waals surface area contributed by atoms with E-state index in [0.717, 1.165) is 45.8 Å². The fourth-order valence-electron chi connectivity index (χ4n) is 4.75. The topological polar surface area (TPSA) is 79.4 Å². The third-order valence-electron chi connectivity index (χ3n) is 6.46. The van der Waals surface area contributed by atoms with Crippen molar-refractivity contribution in [1.82, 2.24) is 10.3 Å². The minimum absolute atomic E-state index is 0.0489. The number of imide groups is 1. The second-order valence-corrected chi connectivity index (χ2v) is 10.9. The molecule has 1 saturated carbocycles. The summed E-state index contributed by atoms with van der Waals surface area (Å²) in [6.07, 6.45) is 3.64. The molecular weight excluding hydrogens is 454 g/mol. The fourth-order valence-corrected chi connectivity index (χ4v) is 6.66. The average molecular weight is 480 g/mol. The molecule has 0 radical (unpaired) electrons. The highest BCUT2D eigenvalue weighted by Gasteiger charge is 2.48. The number of carbonyl (C=O) groups is 3. The van der Waals surface area contributed by atoms with E-state index in [4.69, 9.17) is 0 Å². The van der Waals surface area contributed by atoms with Gasteiger partial charge in [0.2, 0.25) is 17.7 Å². The summed E-state index contributed by atoms with van der Waals surface area (Å²) in [6.45, 7) is 1.97. The number of benzene rings is 2. The van der Waals surface area contributed by atoms with Crippen molar-refractivity contribution in [2.75, 3.05) is 10.7 Å². The van der Waals surface area contributed by atoms with E-state index in [-0.39, 0.29) is 41.4 Å². The van der Waals surface area contributed by atoms with Gasteiger partial charge in [-0.3, -0.25) is 19.3 Å². The normalized spacial score (nSPS) is 21.3. The molecule has 2 heterocycles. The highest BCUT2D eigenvalue weighted by atomic mass is 32.2. The first-order valence-corrected chi connectivity index (χ1v) is 13.1. The van der Waals surface area contributed by atoms with Gasteiger partial charge in [0.05, 0.1) is 39.5 Å². The zero-order valence-electron chi connectivity index (χ0n) is 18.3. The van der Waals surface area contributed by atoms with Gasteiger partial charge in [0.15, 0.2) is 4.34 Å². The predicted molar refractivity (Wildman–Crippen MR) is 131 cm³/mol. The van der Waals surface area contributed by atoms with E-state index in [2.05, 4.69) is 10.3 Å². The molecule has 2 aromatic carbocycles. The van der Waals surface area contributed by atoms with E-state index in [1.807, 2.05) is 49.4 Å². The molecule has 1 aliphatic carbocycles. The molecular formula is C25H25N3O3S2. The molecule has 6 nitrogen and oxygen atoms in total. The van der Waals surface area contributed by atoms with Crippen molar-refractivity contribution in [3.63, 3.8) is 0 Å². The number of nitrogens with zero attached hydrogens (tertiary/aromatic N) is 2. The van der Waals surface area contributed by atoms with Crippen LogP contribution in [0.15, 0.2) is 52.9 Å². The zero-order chi connectivity index (χ0) is 22.9. The van der Waals surface area contributed by atoms with Gasteiger partial charge in [-0.25, -0.2) is 4.98 Å². The first-order valence-electron chi connectivity index (χ1n) is 11.3. The first kappa shape index (κ1) is 22.1. The lowest BCUT2D eigenvalue weighted by atomic mass is 9.81. The van der Waals surface area contributed by atoms with Crippen LogP contribution in [0.4, 0.5) is 5.69 Å². The van der Waals surface area contributed by atoms with Crippen LogP contribution in [0.5, 0.6) is 0 Å². The molecule has 1 N–H and O–H groups in total. The van der Waals surface area contributed by atoms with Crippen molar-refractivity contribution in [3.05, 3.63) is 54.1 Å². The summed E-state index contributed by atoms with van der Waals surface area (Å²) in [7, 11) is 0. The molecule has 170 valence electrons. The third kappa shape index (κ3) is 4.42. The Morgan fingerprint density at radius 2 is 1.82 bits per heavy atom. The Labute approximate surface area is 200 Å². The molecule has 3 aromatic rings.